The molecule has 1 aromatic heterocycles. The number of hydrogen-bond donors (Lipinski definition) is 1. The van der Waals surface area contributed by atoms with Crippen molar-refractivity contribution in [2.45, 2.75) is 32.9 Å². The third-order valence-electron chi connectivity index (χ3n) is 3.69. The third-order valence-corrected chi connectivity index (χ3v) is 3.69. The number of rotatable bonds is 7. The molecule has 0 radical (unpaired) electrons. The van der Waals surface area contributed by atoms with E-state index in [0.717, 1.165) is 12.1 Å². The van der Waals surface area contributed by atoms with Crippen molar-refractivity contribution in [3.8, 4) is 5.75 Å². The summed E-state index contributed by atoms with van der Waals surface area (Å²) in [6.07, 6.45) is -2.36. The molecule has 2 aromatic rings. The van der Waals surface area contributed by atoms with Gasteiger partial charge >= 0.3 is 6.18 Å². The number of hydrogen-bond acceptors (Lipinski definition) is 4. The van der Waals surface area contributed by atoms with Crippen LogP contribution < -0.4 is 10.1 Å². The zero-order valence-corrected chi connectivity index (χ0v) is 14.9. The Morgan fingerprint density at radius 1 is 1.19 bits per heavy atom. The van der Waals surface area contributed by atoms with E-state index < -0.39 is 11.7 Å². The average Bonchev–Trinajstić information content (AvgIpc) is 2.58. The molecule has 1 amide bonds. The summed E-state index contributed by atoms with van der Waals surface area (Å²) in [5.41, 5.74) is 0.0693. The fourth-order valence-corrected chi connectivity index (χ4v) is 2.40. The van der Waals surface area contributed by atoms with Crippen LogP contribution in [0.4, 0.5) is 19.0 Å². The summed E-state index contributed by atoms with van der Waals surface area (Å²) in [5.74, 6) is 0.224. The third kappa shape index (κ3) is 6.09. The molecule has 1 N–H and O–H groups in total. The normalized spacial score (nSPS) is 11.1. The van der Waals surface area contributed by atoms with E-state index in [2.05, 4.69) is 10.3 Å². The van der Waals surface area contributed by atoms with E-state index in [1.807, 2.05) is 0 Å². The van der Waals surface area contributed by atoms with E-state index >= 15 is 0 Å². The molecule has 8 heteroatoms. The summed E-state index contributed by atoms with van der Waals surface area (Å²) in [6, 6.07) is 6.32. The van der Waals surface area contributed by atoms with Gasteiger partial charge in [-0.3, -0.25) is 9.59 Å². The second-order valence-corrected chi connectivity index (χ2v) is 5.96. The van der Waals surface area contributed by atoms with Crippen LogP contribution in [0.15, 0.2) is 36.5 Å². The Morgan fingerprint density at radius 2 is 1.93 bits per heavy atom. The maximum atomic E-state index is 12.6. The number of aromatic nitrogens is 1. The van der Waals surface area contributed by atoms with E-state index in [9.17, 15) is 22.8 Å². The lowest BCUT2D eigenvalue weighted by Crippen LogP contribution is -2.09. The molecular weight excluding hydrogens is 361 g/mol. The first kappa shape index (κ1) is 20.4. The van der Waals surface area contributed by atoms with Crippen LogP contribution in [0.25, 0.3) is 0 Å². The molecular formula is C19H19F3N2O3. The van der Waals surface area contributed by atoms with Crippen LogP contribution in [0.3, 0.4) is 0 Å². The van der Waals surface area contributed by atoms with Crippen LogP contribution >= 0.6 is 0 Å². The monoisotopic (exact) mass is 380 g/mol. The lowest BCUT2D eigenvalue weighted by molar-refractivity contribution is -0.137. The van der Waals surface area contributed by atoms with Gasteiger partial charge in [-0.2, -0.15) is 13.2 Å². The zero-order chi connectivity index (χ0) is 20.0. The number of Topliss-reactive ketones (excluding diaryl/α,β-unsaturated/α-hetero) is 1. The lowest BCUT2D eigenvalue weighted by Gasteiger charge is -2.12. The summed E-state index contributed by atoms with van der Waals surface area (Å²) in [4.78, 5) is 27.2. The van der Waals surface area contributed by atoms with Crippen molar-refractivity contribution in [2.75, 3.05) is 11.9 Å². The molecule has 0 spiro atoms. The number of ether oxygens (including phenoxy) is 1. The molecule has 0 atom stereocenters. The number of nitrogens with zero attached hydrogens (tertiary/aromatic N) is 1. The average molecular weight is 380 g/mol. The fourth-order valence-electron chi connectivity index (χ4n) is 2.40. The maximum absolute atomic E-state index is 12.6. The van der Waals surface area contributed by atoms with Crippen LogP contribution in [0.2, 0.25) is 0 Å². The first-order chi connectivity index (χ1) is 12.7. The van der Waals surface area contributed by atoms with Gasteiger partial charge in [-0.25, -0.2) is 4.98 Å². The number of aryl methyl sites for hydroxylation is 1. The number of halogens is 3. The number of carbonyl (C=O) groups is 2. The standard InChI is InChI=1S/C19H19F3N2O3/c1-12-10-15(19(20,21)22)5-6-17(12)27-9-3-4-16(26)14-7-8-23-18(11-14)24-13(2)25/h5-8,10-11H,3-4,9H2,1-2H3,(H,23,24,25). The van der Waals surface area contributed by atoms with E-state index in [-0.39, 0.29) is 24.7 Å². The van der Waals surface area contributed by atoms with E-state index in [1.54, 1.807) is 6.07 Å². The quantitative estimate of drug-likeness (QED) is 0.571. The minimum atomic E-state index is -4.39. The summed E-state index contributed by atoms with van der Waals surface area (Å²) < 4.78 is 43.4. The first-order valence-corrected chi connectivity index (χ1v) is 8.24. The zero-order valence-electron chi connectivity index (χ0n) is 14.9. The van der Waals surface area contributed by atoms with Gasteiger partial charge in [0, 0.05) is 25.1 Å². The van der Waals surface area contributed by atoms with Gasteiger partial charge in [-0.05, 0) is 49.2 Å². The minimum Gasteiger partial charge on any atom is -0.493 e. The Balaban J connectivity index is 1.86. The van der Waals surface area contributed by atoms with Crippen molar-refractivity contribution in [3.05, 3.63) is 53.2 Å². The van der Waals surface area contributed by atoms with Crippen LogP contribution in [0.1, 0.15) is 41.3 Å². The summed E-state index contributed by atoms with van der Waals surface area (Å²) in [6.45, 7) is 3.08. The molecule has 5 nitrogen and oxygen atoms in total. The smallest absolute Gasteiger partial charge is 0.416 e. The largest absolute Gasteiger partial charge is 0.493 e. The fraction of sp³-hybridized carbons (Fsp3) is 0.316. The Bertz CT molecular complexity index is 835. The van der Waals surface area contributed by atoms with Crippen LogP contribution in [0, 0.1) is 6.92 Å². The van der Waals surface area contributed by atoms with E-state index in [1.165, 1.54) is 32.2 Å². The van der Waals surface area contributed by atoms with Crippen LogP contribution in [-0.2, 0) is 11.0 Å². The predicted octanol–water partition coefficient (Wildman–Crippen LogP) is 4.41. The van der Waals surface area contributed by atoms with Crippen molar-refractivity contribution in [2.24, 2.45) is 0 Å². The summed E-state index contributed by atoms with van der Waals surface area (Å²) in [7, 11) is 0. The second-order valence-electron chi connectivity index (χ2n) is 5.96. The molecule has 0 aliphatic rings. The molecule has 144 valence electrons. The molecule has 0 aliphatic heterocycles. The highest BCUT2D eigenvalue weighted by molar-refractivity contribution is 5.97. The Labute approximate surface area is 154 Å². The van der Waals surface area contributed by atoms with E-state index in [0.29, 0.717) is 29.1 Å². The number of nitrogens with one attached hydrogen (secondary N) is 1. The Kier molecular flexibility index (Phi) is 6.55. The van der Waals surface area contributed by atoms with Crippen molar-refractivity contribution >= 4 is 17.5 Å². The van der Waals surface area contributed by atoms with Gasteiger partial charge in [0.25, 0.3) is 0 Å². The number of anilines is 1. The number of alkyl halides is 3. The molecule has 1 heterocycles. The molecule has 0 bridgehead atoms. The SMILES string of the molecule is CC(=O)Nc1cc(C(=O)CCCOc2ccc(C(F)(F)F)cc2C)ccn1. The first-order valence-electron chi connectivity index (χ1n) is 8.24. The molecule has 0 unspecified atom stereocenters. The van der Waals surface area contributed by atoms with E-state index in [4.69, 9.17) is 4.74 Å². The highest BCUT2D eigenvalue weighted by Gasteiger charge is 2.30. The second kappa shape index (κ2) is 8.66. The molecule has 0 aliphatic carbocycles. The Morgan fingerprint density at radius 3 is 2.56 bits per heavy atom. The number of carbonyl (C=O) groups excluding carboxylic acids is 2. The minimum absolute atomic E-state index is 0.142. The van der Waals surface area contributed by atoms with Crippen molar-refractivity contribution in [1.82, 2.24) is 4.98 Å². The molecule has 1 aromatic carbocycles. The number of amides is 1. The molecule has 0 fully saturated rings. The topological polar surface area (TPSA) is 68.3 Å². The molecule has 2 rings (SSSR count). The predicted molar refractivity (Wildman–Crippen MR) is 93.8 cm³/mol. The molecule has 0 saturated carbocycles. The van der Waals surface area contributed by atoms with Gasteiger partial charge in [0.15, 0.2) is 5.78 Å². The van der Waals surface area contributed by atoms with Crippen molar-refractivity contribution in [3.63, 3.8) is 0 Å². The van der Waals surface area contributed by atoms with Gasteiger partial charge in [0.05, 0.1) is 12.2 Å². The maximum Gasteiger partial charge on any atom is 0.416 e. The molecule has 27 heavy (non-hydrogen) atoms. The summed E-state index contributed by atoms with van der Waals surface area (Å²) >= 11 is 0. The van der Waals surface area contributed by atoms with Crippen LogP contribution in [0.5, 0.6) is 5.75 Å². The summed E-state index contributed by atoms with van der Waals surface area (Å²) in [5, 5.41) is 2.50. The van der Waals surface area contributed by atoms with Crippen LogP contribution in [-0.4, -0.2) is 23.3 Å². The van der Waals surface area contributed by atoms with Gasteiger partial charge < -0.3 is 10.1 Å². The number of ketones is 1. The molecule has 0 saturated heterocycles. The van der Waals surface area contributed by atoms with Gasteiger partial charge in [-0.15, -0.1) is 0 Å². The highest BCUT2D eigenvalue weighted by atomic mass is 19.4. The van der Waals surface area contributed by atoms with Gasteiger partial charge in [-0.1, -0.05) is 0 Å². The van der Waals surface area contributed by atoms with Crippen molar-refractivity contribution in [1.29, 1.82) is 0 Å². The van der Waals surface area contributed by atoms with Gasteiger partial charge in [0.2, 0.25) is 5.91 Å². The number of pyridine rings is 1. The lowest BCUT2D eigenvalue weighted by atomic mass is 10.1. The van der Waals surface area contributed by atoms with Gasteiger partial charge in [0.1, 0.15) is 11.6 Å². The van der Waals surface area contributed by atoms with Crippen molar-refractivity contribution < 1.29 is 27.5 Å². The Hall–Kier alpha value is -2.90. The number of benzene rings is 1. The highest BCUT2D eigenvalue weighted by Crippen LogP contribution is 2.32.